The maximum Gasteiger partial charge on any atom is 0.389 e. The Kier molecular flexibility index (Phi) is 6.12. The van der Waals surface area contributed by atoms with Crippen LogP contribution in [0.15, 0.2) is 4.99 Å². The highest BCUT2D eigenvalue weighted by atomic mass is 19.4. The summed E-state index contributed by atoms with van der Waals surface area (Å²) in [5.74, 6) is 0.289. The summed E-state index contributed by atoms with van der Waals surface area (Å²) in [5, 5.41) is 2.86. The Morgan fingerprint density at radius 3 is 2.40 bits per heavy atom. The Morgan fingerprint density at radius 2 is 1.93 bits per heavy atom. The molecule has 0 saturated carbocycles. The molecule has 0 aromatic rings. The van der Waals surface area contributed by atoms with Crippen LogP contribution in [-0.4, -0.2) is 24.7 Å². The molecule has 3 N–H and O–H groups in total. The summed E-state index contributed by atoms with van der Waals surface area (Å²) < 4.78 is 35.2. The molecule has 0 aliphatic rings. The van der Waals surface area contributed by atoms with E-state index in [1.54, 1.807) is 0 Å². The summed E-state index contributed by atoms with van der Waals surface area (Å²) in [6.45, 7) is 4.15. The second-order valence-corrected chi connectivity index (χ2v) is 3.64. The standard InChI is InChI=1S/C9H18F3N3/c1-7(2)15-8(13)14-6-4-3-5-9(10,11)12/h7H,3-6H2,1-2H3,(H3,13,14,15). The molecule has 0 atom stereocenters. The Morgan fingerprint density at radius 1 is 1.33 bits per heavy atom. The molecule has 0 rings (SSSR count). The van der Waals surface area contributed by atoms with E-state index in [1.165, 1.54) is 0 Å². The number of nitrogens with two attached hydrogens (primary N) is 1. The van der Waals surface area contributed by atoms with E-state index in [0.29, 0.717) is 13.0 Å². The lowest BCUT2D eigenvalue weighted by Gasteiger charge is -2.08. The smallest absolute Gasteiger partial charge is 0.370 e. The molecular formula is C9H18F3N3. The van der Waals surface area contributed by atoms with Crippen molar-refractivity contribution in [1.82, 2.24) is 5.32 Å². The van der Waals surface area contributed by atoms with Gasteiger partial charge in [-0.25, -0.2) is 0 Å². The zero-order valence-corrected chi connectivity index (χ0v) is 9.06. The van der Waals surface area contributed by atoms with Gasteiger partial charge >= 0.3 is 6.18 Å². The molecule has 6 heteroatoms. The number of hydrogen-bond donors (Lipinski definition) is 2. The highest BCUT2D eigenvalue weighted by Crippen LogP contribution is 2.21. The average molecular weight is 225 g/mol. The van der Waals surface area contributed by atoms with Crippen molar-refractivity contribution in [3.63, 3.8) is 0 Å². The normalized spacial score (nSPS) is 13.3. The molecule has 0 unspecified atom stereocenters. The van der Waals surface area contributed by atoms with Gasteiger partial charge in [-0.2, -0.15) is 13.2 Å². The maximum absolute atomic E-state index is 11.7. The van der Waals surface area contributed by atoms with Crippen LogP contribution in [0.2, 0.25) is 0 Å². The molecular weight excluding hydrogens is 207 g/mol. The van der Waals surface area contributed by atoms with Crippen molar-refractivity contribution in [3.05, 3.63) is 0 Å². The first-order chi connectivity index (χ1) is 6.81. The first-order valence-corrected chi connectivity index (χ1v) is 4.94. The van der Waals surface area contributed by atoms with Crippen molar-refractivity contribution >= 4 is 5.96 Å². The number of unbranched alkanes of at least 4 members (excludes halogenated alkanes) is 1. The van der Waals surface area contributed by atoms with E-state index in [0.717, 1.165) is 0 Å². The molecule has 0 radical (unpaired) electrons. The van der Waals surface area contributed by atoms with Crippen LogP contribution in [0.1, 0.15) is 33.1 Å². The molecule has 0 heterocycles. The lowest BCUT2D eigenvalue weighted by Crippen LogP contribution is -2.36. The first kappa shape index (κ1) is 14.1. The molecule has 0 amide bonds. The fourth-order valence-electron chi connectivity index (χ4n) is 0.978. The van der Waals surface area contributed by atoms with Crippen LogP contribution in [0.5, 0.6) is 0 Å². The second kappa shape index (κ2) is 6.53. The summed E-state index contributed by atoms with van der Waals surface area (Å²) in [4.78, 5) is 3.90. The maximum atomic E-state index is 11.7. The fourth-order valence-corrected chi connectivity index (χ4v) is 0.978. The van der Waals surface area contributed by atoms with Crippen LogP contribution < -0.4 is 11.1 Å². The molecule has 90 valence electrons. The van der Waals surface area contributed by atoms with E-state index in [2.05, 4.69) is 10.3 Å². The van der Waals surface area contributed by atoms with Crippen molar-refractivity contribution in [2.24, 2.45) is 10.7 Å². The summed E-state index contributed by atoms with van der Waals surface area (Å²) in [5.41, 5.74) is 5.46. The van der Waals surface area contributed by atoms with Gasteiger partial charge in [0, 0.05) is 19.0 Å². The number of nitrogens with one attached hydrogen (secondary N) is 1. The lowest BCUT2D eigenvalue weighted by atomic mass is 10.2. The minimum atomic E-state index is -4.06. The quantitative estimate of drug-likeness (QED) is 0.427. The van der Waals surface area contributed by atoms with Crippen LogP contribution in [0.25, 0.3) is 0 Å². The molecule has 0 aromatic carbocycles. The van der Waals surface area contributed by atoms with Gasteiger partial charge in [0.15, 0.2) is 5.96 Å². The predicted octanol–water partition coefficient (Wildman–Crippen LogP) is 2.03. The number of guanidine groups is 1. The number of halogens is 3. The van der Waals surface area contributed by atoms with Gasteiger partial charge in [0.05, 0.1) is 0 Å². The molecule has 0 saturated heterocycles. The minimum absolute atomic E-state index is 0.0992. The molecule has 0 spiro atoms. The molecule has 0 bridgehead atoms. The van der Waals surface area contributed by atoms with Crippen LogP contribution in [0.3, 0.4) is 0 Å². The highest BCUT2D eigenvalue weighted by Gasteiger charge is 2.25. The Balaban J connectivity index is 3.53. The minimum Gasteiger partial charge on any atom is -0.370 e. The molecule has 0 aliphatic carbocycles. The first-order valence-electron chi connectivity index (χ1n) is 4.94. The third-order valence-electron chi connectivity index (χ3n) is 1.59. The fraction of sp³-hybridized carbons (Fsp3) is 0.889. The summed E-state index contributed by atoms with van der Waals surface area (Å²) in [7, 11) is 0. The third-order valence-corrected chi connectivity index (χ3v) is 1.59. The zero-order valence-electron chi connectivity index (χ0n) is 9.06. The third kappa shape index (κ3) is 11.0. The number of aliphatic imine (C=N–C) groups is 1. The van der Waals surface area contributed by atoms with Crippen molar-refractivity contribution in [1.29, 1.82) is 0 Å². The van der Waals surface area contributed by atoms with E-state index in [9.17, 15) is 13.2 Å². The molecule has 0 aliphatic heterocycles. The van der Waals surface area contributed by atoms with Gasteiger partial charge in [-0.05, 0) is 26.7 Å². The van der Waals surface area contributed by atoms with Crippen molar-refractivity contribution in [2.45, 2.75) is 45.3 Å². The van der Waals surface area contributed by atoms with E-state index in [-0.39, 0.29) is 18.4 Å². The molecule has 0 aromatic heterocycles. The van der Waals surface area contributed by atoms with Crippen LogP contribution >= 0.6 is 0 Å². The van der Waals surface area contributed by atoms with Crippen molar-refractivity contribution in [3.8, 4) is 0 Å². The van der Waals surface area contributed by atoms with Crippen molar-refractivity contribution in [2.75, 3.05) is 6.54 Å². The van der Waals surface area contributed by atoms with Gasteiger partial charge in [0.2, 0.25) is 0 Å². The Bertz CT molecular complexity index is 199. The Hall–Kier alpha value is -0.940. The van der Waals surface area contributed by atoms with Gasteiger partial charge < -0.3 is 11.1 Å². The lowest BCUT2D eigenvalue weighted by molar-refractivity contribution is -0.135. The van der Waals surface area contributed by atoms with Gasteiger partial charge in [0.25, 0.3) is 0 Å². The van der Waals surface area contributed by atoms with Crippen LogP contribution in [0.4, 0.5) is 13.2 Å². The van der Waals surface area contributed by atoms with Crippen LogP contribution in [-0.2, 0) is 0 Å². The van der Waals surface area contributed by atoms with Crippen LogP contribution in [0, 0.1) is 0 Å². The van der Waals surface area contributed by atoms with Gasteiger partial charge in [-0.1, -0.05) is 0 Å². The van der Waals surface area contributed by atoms with E-state index in [4.69, 9.17) is 5.73 Å². The highest BCUT2D eigenvalue weighted by molar-refractivity contribution is 5.77. The van der Waals surface area contributed by atoms with Gasteiger partial charge in [-0.15, -0.1) is 0 Å². The van der Waals surface area contributed by atoms with Crippen molar-refractivity contribution < 1.29 is 13.2 Å². The zero-order chi connectivity index (χ0) is 11.9. The SMILES string of the molecule is CC(C)NC(N)=NCCCCC(F)(F)F. The number of rotatable bonds is 5. The summed E-state index contributed by atoms with van der Waals surface area (Å²) in [6.07, 6.45) is -4.31. The second-order valence-electron chi connectivity index (χ2n) is 3.64. The van der Waals surface area contributed by atoms with E-state index < -0.39 is 12.6 Å². The van der Waals surface area contributed by atoms with E-state index >= 15 is 0 Å². The monoisotopic (exact) mass is 225 g/mol. The predicted molar refractivity (Wildman–Crippen MR) is 54.7 cm³/mol. The summed E-state index contributed by atoms with van der Waals surface area (Å²) in [6, 6.07) is 0.184. The number of alkyl halides is 3. The Labute approximate surface area is 87.9 Å². The molecule has 3 nitrogen and oxygen atoms in total. The average Bonchev–Trinajstić information content (AvgIpc) is 1.99. The van der Waals surface area contributed by atoms with Gasteiger partial charge in [-0.3, -0.25) is 4.99 Å². The summed E-state index contributed by atoms with van der Waals surface area (Å²) >= 11 is 0. The molecule has 0 fully saturated rings. The van der Waals surface area contributed by atoms with E-state index in [1.807, 2.05) is 13.8 Å². The number of hydrogen-bond acceptors (Lipinski definition) is 1. The largest absolute Gasteiger partial charge is 0.389 e. The number of nitrogens with zero attached hydrogens (tertiary/aromatic N) is 1. The van der Waals surface area contributed by atoms with Gasteiger partial charge in [0.1, 0.15) is 0 Å². The topological polar surface area (TPSA) is 50.4 Å². The molecule has 15 heavy (non-hydrogen) atoms.